The first kappa shape index (κ1) is 15.7. The monoisotopic (exact) mass is 330 g/mol. The van der Waals surface area contributed by atoms with Crippen LogP contribution >= 0.6 is 0 Å². The molecule has 1 aromatic rings. The molecule has 0 bridgehead atoms. The van der Waals surface area contributed by atoms with Gasteiger partial charge in [-0.2, -0.15) is 5.10 Å². The van der Waals surface area contributed by atoms with Crippen molar-refractivity contribution in [3.05, 3.63) is 17.5 Å². The molecule has 0 spiro atoms. The van der Waals surface area contributed by atoms with Crippen molar-refractivity contribution < 1.29 is 9.63 Å². The van der Waals surface area contributed by atoms with E-state index in [4.69, 9.17) is 4.84 Å². The van der Waals surface area contributed by atoms with Crippen LogP contribution in [0.25, 0.3) is 0 Å². The second-order valence-corrected chi connectivity index (χ2v) is 8.36. The van der Waals surface area contributed by atoms with Crippen molar-refractivity contribution >= 4 is 11.6 Å². The van der Waals surface area contributed by atoms with Crippen molar-refractivity contribution in [2.24, 2.45) is 28.8 Å². The maximum Gasteiger partial charge on any atom is 0.274 e. The molecule has 24 heavy (non-hydrogen) atoms. The number of likely N-dealkylation sites (tertiary alicyclic amines) is 1. The maximum atomic E-state index is 12.6. The summed E-state index contributed by atoms with van der Waals surface area (Å²) >= 11 is 0. The molecule has 3 atom stereocenters. The number of carbonyl (C=O) groups is 1. The lowest BCUT2D eigenvalue weighted by Crippen LogP contribution is -2.35. The highest BCUT2D eigenvalue weighted by Gasteiger charge is 2.61. The minimum absolute atomic E-state index is 0.0436. The smallest absolute Gasteiger partial charge is 0.274 e. The lowest BCUT2D eigenvalue weighted by atomic mass is 9.86. The van der Waals surface area contributed by atoms with Gasteiger partial charge in [-0.15, -0.1) is 0 Å². The van der Waals surface area contributed by atoms with Gasteiger partial charge in [0.25, 0.3) is 5.91 Å². The molecular formula is C18H26N4O2. The third-order valence-corrected chi connectivity index (χ3v) is 6.13. The predicted molar refractivity (Wildman–Crippen MR) is 90.8 cm³/mol. The number of fused-ring (bicyclic) bond motifs is 1. The Hall–Kier alpha value is -1.85. The van der Waals surface area contributed by atoms with Crippen molar-refractivity contribution in [3.8, 4) is 0 Å². The van der Waals surface area contributed by atoms with Gasteiger partial charge in [-0.3, -0.25) is 9.89 Å². The molecule has 1 saturated carbocycles. The molecule has 4 rings (SSSR count). The molecule has 6 nitrogen and oxygen atoms in total. The Labute approximate surface area is 142 Å². The van der Waals surface area contributed by atoms with Gasteiger partial charge in [0.05, 0.1) is 5.71 Å². The first-order chi connectivity index (χ1) is 11.3. The van der Waals surface area contributed by atoms with Crippen LogP contribution in [0.3, 0.4) is 0 Å². The molecule has 3 heterocycles. The lowest BCUT2D eigenvalue weighted by Gasteiger charge is -2.23. The molecule has 1 N–H and O–H groups in total. The van der Waals surface area contributed by atoms with Gasteiger partial charge in [-0.05, 0) is 37.7 Å². The summed E-state index contributed by atoms with van der Waals surface area (Å²) in [5.41, 5.74) is 2.54. The quantitative estimate of drug-likeness (QED) is 0.926. The van der Waals surface area contributed by atoms with Crippen LogP contribution in [0.5, 0.6) is 0 Å². The van der Waals surface area contributed by atoms with Gasteiger partial charge in [-0.25, -0.2) is 0 Å². The highest BCUT2D eigenvalue weighted by atomic mass is 16.7. The molecule has 1 saturated heterocycles. The zero-order valence-corrected chi connectivity index (χ0v) is 15.0. The minimum Gasteiger partial charge on any atom is -0.389 e. The van der Waals surface area contributed by atoms with E-state index < -0.39 is 0 Å². The molecule has 0 aromatic carbocycles. The summed E-state index contributed by atoms with van der Waals surface area (Å²) in [6.45, 7) is 12.2. The highest BCUT2D eigenvalue weighted by Crippen LogP contribution is 2.55. The molecule has 1 aliphatic carbocycles. The van der Waals surface area contributed by atoms with Gasteiger partial charge in [0.2, 0.25) is 0 Å². The van der Waals surface area contributed by atoms with Crippen LogP contribution in [0, 0.1) is 23.7 Å². The average molecular weight is 330 g/mol. The molecule has 1 amide bonds. The number of amides is 1. The second kappa shape index (κ2) is 5.07. The number of nitrogens with one attached hydrogen (secondary N) is 1. The zero-order valence-electron chi connectivity index (χ0n) is 15.0. The summed E-state index contributed by atoms with van der Waals surface area (Å²) in [5.74, 6) is 2.31. The molecule has 3 aliphatic rings. The van der Waals surface area contributed by atoms with E-state index in [1.165, 1.54) is 5.71 Å². The Morgan fingerprint density at radius 1 is 1.38 bits per heavy atom. The molecule has 130 valence electrons. The largest absolute Gasteiger partial charge is 0.389 e. The number of rotatable bonds is 3. The summed E-state index contributed by atoms with van der Waals surface area (Å²) in [6, 6.07) is 1.88. The summed E-state index contributed by atoms with van der Waals surface area (Å²) < 4.78 is 0. The Bertz CT molecular complexity index is 694. The van der Waals surface area contributed by atoms with Gasteiger partial charge in [0.1, 0.15) is 11.3 Å². The Kier molecular flexibility index (Phi) is 3.31. The van der Waals surface area contributed by atoms with E-state index in [2.05, 4.69) is 50.0 Å². The van der Waals surface area contributed by atoms with Crippen molar-refractivity contribution in [1.29, 1.82) is 0 Å². The van der Waals surface area contributed by atoms with Gasteiger partial charge >= 0.3 is 0 Å². The molecule has 0 radical (unpaired) electrons. The third kappa shape index (κ3) is 2.26. The van der Waals surface area contributed by atoms with Crippen molar-refractivity contribution in [2.45, 2.75) is 46.1 Å². The van der Waals surface area contributed by atoms with E-state index >= 15 is 0 Å². The number of carbonyl (C=O) groups excluding carboxylic acids is 1. The van der Waals surface area contributed by atoms with Crippen LogP contribution in [0.4, 0.5) is 0 Å². The lowest BCUT2D eigenvalue weighted by molar-refractivity contribution is -0.0103. The van der Waals surface area contributed by atoms with Crippen LogP contribution in [0.1, 0.15) is 56.7 Å². The van der Waals surface area contributed by atoms with Gasteiger partial charge < -0.3 is 9.74 Å². The number of aromatic amines is 1. The molecular weight excluding hydrogens is 304 g/mol. The summed E-state index contributed by atoms with van der Waals surface area (Å²) in [6.07, 6.45) is 0. The maximum absolute atomic E-state index is 12.6. The average Bonchev–Trinajstić information content (AvgIpc) is 2.97. The van der Waals surface area contributed by atoms with E-state index in [-0.39, 0.29) is 11.5 Å². The standard InChI is InChI=1S/C18H26N4O2/c1-9(2)13-6-14(20-19-13)17(23)22-7-11-12(8-22)15(11)16-10(3)18(4,5)24-21-16/h6,9-12,15H,7-8H2,1-5H3,(H,19,20). The van der Waals surface area contributed by atoms with Crippen LogP contribution < -0.4 is 0 Å². The number of hydrogen-bond acceptors (Lipinski definition) is 4. The Morgan fingerprint density at radius 3 is 2.54 bits per heavy atom. The highest BCUT2D eigenvalue weighted by molar-refractivity contribution is 5.95. The molecule has 1 aromatic heterocycles. The van der Waals surface area contributed by atoms with Crippen LogP contribution in [0.2, 0.25) is 0 Å². The number of nitrogens with zero attached hydrogens (tertiary/aromatic N) is 3. The van der Waals surface area contributed by atoms with Crippen molar-refractivity contribution in [3.63, 3.8) is 0 Å². The van der Waals surface area contributed by atoms with Crippen molar-refractivity contribution in [2.75, 3.05) is 13.1 Å². The van der Waals surface area contributed by atoms with Crippen molar-refractivity contribution in [1.82, 2.24) is 15.1 Å². The predicted octanol–water partition coefficient (Wildman–Crippen LogP) is 2.65. The van der Waals surface area contributed by atoms with Gasteiger partial charge in [0.15, 0.2) is 0 Å². The van der Waals surface area contributed by atoms with E-state index in [9.17, 15) is 4.79 Å². The SMILES string of the molecule is CC(C)c1cc(C(=O)N2CC3C(C2)C3C2=NOC(C)(C)C2C)n[nH]1. The normalized spacial score (nSPS) is 33.4. The summed E-state index contributed by atoms with van der Waals surface area (Å²) in [7, 11) is 0. The molecule has 2 fully saturated rings. The second-order valence-electron chi connectivity index (χ2n) is 8.36. The van der Waals surface area contributed by atoms with E-state index in [1.54, 1.807) is 0 Å². The summed E-state index contributed by atoms with van der Waals surface area (Å²) in [5, 5.41) is 11.5. The van der Waals surface area contributed by atoms with Gasteiger partial charge in [-0.1, -0.05) is 25.9 Å². The Balaban J connectivity index is 1.39. The van der Waals surface area contributed by atoms with E-state index in [1.807, 2.05) is 11.0 Å². The van der Waals surface area contributed by atoms with Crippen LogP contribution in [-0.2, 0) is 4.84 Å². The fraction of sp³-hybridized carbons (Fsp3) is 0.722. The summed E-state index contributed by atoms with van der Waals surface area (Å²) in [4.78, 5) is 20.2. The topological polar surface area (TPSA) is 70.6 Å². The van der Waals surface area contributed by atoms with E-state index in [0.29, 0.717) is 35.3 Å². The number of piperidine rings is 1. The number of H-pyrrole nitrogens is 1. The van der Waals surface area contributed by atoms with E-state index in [0.717, 1.165) is 18.8 Å². The molecule has 6 heteroatoms. The van der Waals surface area contributed by atoms with Crippen LogP contribution in [-0.4, -0.2) is 45.4 Å². The third-order valence-electron chi connectivity index (χ3n) is 6.13. The number of hydrogen-bond donors (Lipinski definition) is 1. The Morgan fingerprint density at radius 2 is 2.04 bits per heavy atom. The first-order valence-electron chi connectivity index (χ1n) is 8.90. The fourth-order valence-electron chi connectivity index (χ4n) is 4.07. The minimum atomic E-state index is -0.204. The number of oxime groups is 1. The molecule has 3 unspecified atom stereocenters. The molecule has 2 aliphatic heterocycles. The first-order valence-corrected chi connectivity index (χ1v) is 8.90. The van der Waals surface area contributed by atoms with Gasteiger partial charge in [0, 0.05) is 30.6 Å². The van der Waals surface area contributed by atoms with Crippen LogP contribution in [0.15, 0.2) is 11.2 Å². The fourth-order valence-corrected chi connectivity index (χ4v) is 4.07. The zero-order chi connectivity index (χ0) is 17.2. The number of aromatic nitrogens is 2.